The number of nitrogens with zero attached hydrogens (tertiary/aromatic N) is 3. The fourth-order valence-electron chi connectivity index (χ4n) is 2.93. The van der Waals surface area contributed by atoms with Crippen molar-refractivity contribution in [1.29, 1.82) is 0 Å². The topological polar surface area (TPSA) is 74.1 Å². The zero-order valence-electron chi connectivity index (χ0n) is 12.0. The third kappa shape index (κ3) is 2.94. The molecule has 1 saturated heterocycles. The summed E-state index contributed by atoms with van der Waals surface area (Å²) in [6.45, 7) is 0.558. The number of imidazole rings is 1. The molecule has 1 aliphatic rings. The van der Waals surface area contributed by atoms with Crippen LogP contribution in [0.25, 0.3) is 11.2 Å². The zero-order chi connectivity index (χ0) is 14.9. The fraction of sp³-hybridized carbons (Fsp3) is 0.571. The summed E-state index contributed by atoms with van der Waals surface area (Å²) in [6, 6.07) is 3.68. The predicted octanol–water partition coefficient (Wildman–Crippen LogP) is 1.37. The Kier molecular flexibility index (Phi) is 3.95. The predicted molar refractivity (Wildman–Crippen MR) is 80.0 cm³/mol. The molecular weight excluding hydrogens is 290 g/mol. The average Bonchev–Trinajstić information content (AvgIpc) is 2.82. The van der Waals surface area contributed by atoms with Crippen molar-refractivity contribution in [3.63, 3.8) is 0 Å². The maximum Gasteiger partial charge on any atom is 0.160 e. The normalized spacial score (nSPS) is 21.7. The molecule has 21 heavy (non-hydrogen) atoms. The van der Waals surface area contributed by atoms with Crippen LogP contribution in [0.4, 0.5) is 0 Å². The molecule has 3 rings (SSSR count). The second-order valence-corrected chi connectivity index (χ2v) is 7.63. The SMILES string of the molecule is COCCc1nc2cccnc2n1C1CCCS(=O)(=O)C1. The van der Waals surface area contributed by atoms with Crippen molar-refractivity contribution in [3.05, 3.63) is 24.2 Å². The van der Waals surface area contributed by atoms with E-state index in [4.69, 9.17) is 4.74 Å². The van der Waals surface area contributed by atoms with Gasteiger partial charge in [0.15, 0.2) is 15.5 Å². The number of fused-ring (bicyclic) bond motifs is 1. The van der Waals surface area contributed by atoms with Gasteiger partial charge in [0.25, 0.3) is 0 Å². The molecule has 6 nitrogen and oxygen atoms in total. The van der Waals surface area contributed by atoms with Gasteiger partial charge in [-0.1, -0.05) is 0 Å². The first-order valence-corrected chi connectivity index (χ1v) is 8.94. The summed E-state index contributed by atoms with van der Waals surface area (Å²) in [6.07, 6.45) is 3.92. The van der Waals surface area contributed by atoms with Gasteiger partial charge in [-0.3, -0.25) is 0 Å². The summed E-state index contributed by atoms with van der Waals surface area (Å²) in [5, 5.41) is 0. The van der Waals surface area contributed by atoms with Crippen LogP contribution in [0.5, 0.6) is 0 Å². The molecule has 114 valence electrons. The molecule has 0 amide bonds. The Morgan fingerprint density at radius 1 is 1.48 bits per heavy atom. The molecule has 0 N–H and O–H groups in total. The molecule has 0 aromatic carbocycles. The first-order chi connectivity index (χ1) is 10.1. The standard InChI is InChI=1S/C14H19N3O3S/c1-20-8-6-13-16-12-5-2-7-15-14(12)17(13)11-4-3-9-21(18,19)10-11/h2,5,7,11H,3-4,6,8-10H2,1H3. The minimum Gasteiger partial charge on any atom is -0.384 e. The maximum atomic E-state index is 11.9. The summed E-state index contributed by atoms with van der Waals surface area (Å²) in [4.78, 5) is 9.00. The lowest BCUT2D eigenvalue weighted by molar-refractivity contribution is 0.199. The molecule has 2 aromatic heterocycles. The van der Waals surface area contributed by atoms with Crippen molar-refractivity contribution >= 4 is 21.0 Å². The Morgan fingerprint density at radius 3 is 3.10 bits per heavy atom. The largest absolute Gasteiger partial charge is 0.384 e. The molecule has 0 radical (unpaired) electrons. The van der Waals surface area contributed by atoms with Gasteiger partial charge in [0.05, 0.1) is 24.2 Å². The molecule has 0 bridgehead atoms. The number of pyridine rings is 1. The van der Waals surface area contributed by atoms with E-state index < -0.39 is 9.84 Å². The Balaban J connectivity index is 2.06. The lowest BCUT2D eigenvalue weighted by Gasteiger charge is -2.25. The first-order valence-electron chi connectivity index (χ1n) is 7.12. The highest BCUT2D eigenvalue weighted by molar-refractivity contribution is 7.91. The second-order valence-electron chi connectivity index (χ2n) is 5.40. The average molecular weight is 309 g/mol. The molecule has 1 atom stereocenters. The van der Waals surface area contributed by atoms with Gasteiger partial charge in [-0.25, -0.2) is 18.4 Å². The molecule has 2 aromatic rings. The minimum absolute atomic E-state index is 0.0736. The van der Waals surface area contributed by atoms with Crippen LogP contribution >= 0.6 is 0 Å². The van der Waals surface area contributed by atoms with Crippen LogP contribution < -0.4 is 0 Å². The maximum absolute atomic E-state index is 11.9. The summed E-state index contributed by atoms with van der Waals surface area (Å²) >= 11 is 0. The third-order valence-corrected chi connectivity index (χ3v) is 5.66. The Hall–Kier alpha value is -1.47. The molecule has 0 saturated carbocycles. The van der Waals surface area contributed by atoms with E-state index in [0.29, 0.717) is 19.4 Å². The molecule has 1 fully saturated rings. The van der Waals surface area contributed by atoms with E-state index in [1.807, 2.05) is 16.7 Å². The monoisotopic (exact) mass is 309 g/mol. The van der Waals surface area contributed by atoms with Gasteiger partial charge in [0.2, 0.25) is 0 Å². The van der Waals surface area contributed by atoms with Crippen LogP contribution in [-0.2, 0) is 21.0 Å². The van der Waals surface area contributed by atoms with Gasteiger partial charge in [-0.05, 0) is 25.0 Å². The number of sulfone groups is 1. The van der Waals surface area contributed by atoms with E-state index in [-0.39, 0.29) is 17.5 Å². The smallest absolute Gasteiger partial charge is 0.160 e. The van der Waals surface area contributed by atoms with Crippen LogP contribution in [0.15, 0.2) is 18.3 Å². The van der Waals surface area contributed by atoms with E-state index in [2.05, 4.69) is 9.97 Å². The van der Waals surface area contributed by atoms with Crippen molar-refractivity contribution < 1.29 is 13.2 Å². The number of hydrogen-bond donors (Lipinski definition) is 0. The van der Waals surface area contributed by atoms with E-state index in [1.54, 1.807) is 13.3 Å². The molecule has 1 unspecified atom stereocenters. The summed E-state index contributed by atoms with van der Waals surface area (Å²) < 4.78 is 31.0. The van der Waals surface area contributed by atoms with Gasteiger partial charge < -0.3 is 9.30 Å². The molecule has 0 aliphatic carbocycles. The van der Waals surface area contributed by atoms with Gasteiger partial charge in [-0.2, -0.15) is 0 Å². The molecule has 7 heteroatoms. The van der Waals surface area contributed by atoms with Crippen LogP contribution in [0.2, 0.25) is 0 Å². The van der Waals surface area contributed by atoms with E-state index in [1.165, 1.54) is 0 Å². The molecular formula is C14H19N3O3S. The van der Waals surface area contributed by atoms with Gasteiger partial charge >= 0.3 is 0 Å². The van der Waals surface area contributed by atoms with Crippen molar-refractivity contribution in [2.24, 2.45) is 0 Å². The van der Waals surface area contributed by atoms with Crippen molar-refractivity contribution in [1.82, 2.24) is 14.5 Å². The lowest BCUT2D eigenvalue weighted by Crippen LogP contribution is -2.28. The summed E-state index contributed by atoms with van der Waals surface area (Å²) in [5.41, 5.74) is 1.58. The highest BCUT2D eigenvalue weighted by atomic mass is 32.2. The highest BCUT2D eigenvalue weighted by Gasteiger charge is 2.29. The molecule has 1 aliphatic heterocycles. The van der Waals surface area contributed by atoms with Crippen LogP contribution in [0, 0.1) is 0 Å². The van der Waals surface area contributed by atoms with E-state index in [0.717, 1.165) is 23.4 Å². The highest BCUT2D eigenvalue weighted by Crippen LogP contribution is 2.28. The quantitative estimate of drug-likeness (QED) is 0.853. The minimum atomic E-state index is -2.97. The van der Waals surface area contributed by atoms with Crippen molar-refractivity contribution in [2.75, 3.05) is 25.2 Å². The van der Waals surface area contributed by atoms with Crippen LogP contribution in [0.1, 0.15) is 24.7 Å². The van der Waals surface area contributed by atoms with Crippen LogP contribution in [-0.4, -0.2) is 48.2 Å². The van der Waals surface area contributed by atoms with E-state index >= 15 is 0 Å². The van der Waals surface area contributed by atoms with Gasteiger partial charge in [-0.15, -0.1) is 0 Å². The Bertz CT molecular complexity index is 739. The van der Waals surface area contributed by atoms with Crippen LogP contribution in [0.3, 0.4) is 0 Å². The van der Waals surface area contributed by atoms with Gasteiger partial charge in [0, 0.05) is 19.7 Å². The van der Waals surface area contributed by atoms with E-state index in [9.17, 15) is 8.42 Å². The van der Waals surface area contributed by atoms with Crippen molar-refractivity contribution in [3.8, 4) is 0 Å². The zero-order valence-corrected chi connectivity index (χ0v) is 12.8. The fourth-order valence-corrected chi connectivity index (χ4v) is 4.61. The summed E-state index contributed by atoms with van der Waals surface area (Å²) in [5.74, 6) is 1.32. The molecule has 0 spiro atoms. The second kappa shape index (κ2) is 5.73. The molecule has 3 heterocycles. The Morgan fingerprint density at radius 2 is 2.33 bits per heavy atom. The van der Waals surface area contributed by atoms with Gasteiger partial charge in [0.1, 0.15) is 11.3 Å². The number of hydrogen-bond acceptors (Lipinski definition) is 5. The number of methoxy groups -OCH3 is 1. The van der Waals surface area contributed by atoms with Crippen molar-refractivity contribution in [2.45, 2.75) is 25.3 Å². The Labute approximate surface area is 124 Å². The lowest BCUT2D eigenvalue weighted by atomic mass is 10.2. The third-order valence-electron chi connectivity index (χ3n) is 3.86. The summed E-state index contributed by atoms with van der Waals surface area (Å²) in [7, 11) is -1.32. The number of rotatable bonds is 4. The first kappa shape index (κ1) is 14.5. The number of ether oxygens (including phenoxy) is 1. The number of aromatic nitrogens is 3.